The van der Waals surface area contributed by atoms with Gasteiger partial charge in [-0.05, 0) is 24.6 Å². The van der Waals surface area contributed by atoms with E-state index in [0.717, 1.165) is 15.8 Å². The van der Waals surface area contributed by atoms with Gasteiger partial charge in [-0.15, -0.1) is 0 Å². The van der Waals surface area contributed by atoms with Crippen LogP contribution in [0.15, 0.2) is 65.5 Å². The van der Waals surface area contributed by atoms with Crippen molar-refractivity contribution >= 4 is 23.2 Å². The van der Waals surface area contributed by atoms with E-state index in [9.17, 15) is 14.4 Å². The Bertz CT molecular complexity index is 1090. The largest absolute Gasteiger partial charge is 0.324 e. The molecule has 148 valence electrons. The van der Waals surface area contributed by atoms with E-state index >= 15 is 0 Å². The summed E-state index contributed by atoms with van der Waals surface area (Å²) < 4.78 is 1.07. The molecule has 0 bridgehead atoms. The number of nitrogens with zero attached hydrogens (tertiary/aromatic N) is 2. The maximum Gasteiger partial charge on any atom is 0.291 e. The highest BCUT2D eigenvalue weighted by atomic mass is 16.2. The number of anilines is 2. The third-order valence-corrected chi connectivity index (χ3v) is 4.35. The van der Waals surface area contributed by atoms with Gasteiger partial charge in [-0.3, -0.25) is 14.4 Å². The van der Waals surface area contributed by atoms with E-state index in [2.05, 4.69) is 15.7 Å². The number of hydrogen-bond acceptors (Lipinski definition) is 4. The Labute approximate surface area is 168 Å². The van der Waals surface area contributed by atoms with Gasteiger partial charge in [0.2, 0.25) is 11.8 Å². The van der Waals surface area contributed by atoms with Crippen LogP contribution in [0.3, 0.4) is 0 Å². The van der Waals surface area contributed by atoms with E-state index in [1.807, 2.05) is 55.5 Å². The van der Waals surface area contributed by atoms with Crippen LogP contribution in [-0.4, -0.2) is 21.6 Å². The molecular formula is C22H22N4O3. The molecule has 0 fully saturated rings. The summed E-state index contributed by atoms with van der Waals surface area (Å²) in [5, 5.41) is 9.72. The first-order valence-corrected chi connectivity index (χ1v) is 9.31. The van der Waals surface area contributed by atoms with E-state index in [0.29, 0.717) is 11.4 Å². The van der Waals surface area contributed by atoms with Gasteiger partial charge in [-0.25, -0.2) is 4.68 Å². The lowest BCUT2D eigenvalue weighted by atomic mass is 10.1. The molecule has 1 aromatic heterocycles. The third kappa shape index (κ3) is 4.95. The Morgan fingerprint density at radius 2 is 1.59 bits per heavy atom. The second-order valence-electron chi connectivity index (χ2n) is 6.54. The SMILES string of the molecule is CCC(=O)Nc1cc(-c2ccccc2)nn(CC(=O)Nc2ccccc2C)c1=O. The molecule has 3 aromatic rings. The normalized spacial score (nSPS) is 10.4. The molecule has 3 rings (SSSR count). The predicted octanol–water partition coefficient (Wildman–Crippen LogP) is 3.21. The fourth-order valence-corrected chi connectivity index (χ4v) is 2.77. The smallest absolute Gasteiger partial charge is 0.291 e. The van der Waals surface area contributed by atoms with Crippen molar-refractivity contribution in [3.8, 4) is 11.3 Å². The van der Waals surface area contributed by atoms with Crippen molar-refractivity contribution < 1.29 is 9.59 Å². The minimum Gasteiger partial charge on any atom is -0.324 e. The Morgan fingerprint density at radius 3 is 2.28 bits per heavy atom. The van der Waals surface area contributed by atoms with Crippen molar-refractivity contribution in [3.63, 3.8) is 0 Å². The highest BCUT2D eigenvalue weighted by Crippen LogP contribution is 2.18. The second-order valence-corrected chi connectivity index (χ2v) is 6.54. The number of aromatic nitrogens is 2. The Hall–Kier alpha value is -3.74. The molecule has 0 atom stereocenters. The summed E-state index contributed by atoms with van der Waals surface area (Å²) in [5.74, 6) is -0.671. The number of carbonyl (C=O) groups excluding carboxylic acids is 2. The Kier molecular flexibility index (Phi) is 6.19. The standard InChI is InChI=1S/C22H22N4O3/c1-3-20(27)24-19-13-18(16-10-5-4-6-11-16)25-26(22(19)29)14-21(28)23-17-12-8-7-9-15(17)2/h4-13H,3,14H2,1-2H3,(H,23,28)(H,24,27). The van der Waals surface area contributed by atoms with Gasteiger partial charge in [-0.1, -0.05) is 55.5 Å². The monoisotopic (exact) mass is 390 g/mol. The fraction of sp³-hybridized carbons (Fsp3) is 0.182. The molecule has 2 amide bonds. The molecule has 0 saturated carbocycles. The average molecular weight is 390 g/mol. The molecule has 0 aliphatic rings. The highest BCUT2D eigenvalue weighted by molar-refractivity contribution is 5.92. The summed E-state index contributed by atoms with van der Waals surface area (Å²) in [5.41, 5.74) is 2.40. The molecule has 0 spiro atoms. The number of aryl methyl sites for hydroxylation is 1. The lowest BCUT2D eigenvalue weighted by Crippen LogP contribution is -2.32. The van der Waals surface area contributed by atoms with Crippen molar-refractivity contribution in [1.82, 2.24) is 9.78 Å². The van der Waals surface area contributed by atoms with Crippen molar-refractivity contribution in [2.24, 2.45) is 0 Å². The van der Waals surface area contributed by atoms with Gasteiger partial charge in [0.1, 0.15) is 12.2 Å². The van der Waals surface area contributed by atoms with E-state index in [1.165, 1.54) is 6.07 Å². The third-order valence-electron chi connectivity index (χ3n) is 4.35. The van der Waals surface area contributed by atoms with Crippen molar-refractivity contribution in [3.05, 3.63) is 76.6 Å². The Balaban J connectivity index is 1.95. The minimum atomic E-state index is -0.536. The predicted molar refractivity (Wildman–Crippen MR) is 113 cm³/mol. The number of nitrogens with one attached hydrogen (secondary N) is 2. The first kappa shape index (κ1) is 20.0. The average Bonchev–Trinajstić information content (AvgIpc) is 2.73. The summed E-state index contributed by atoms with van der Waals surface area (Å²) >= 11 is 0. The highest BCUT2D eigenvalue weighted by Gasteiger charge is 2.15. The molecule has 1 heterocycles. The van der Waals surface area contributed by atoms with Gasteiger partial charge < -0.3 is 10.6 Å². The van der Waals surface area contributed by atoms with Crippen LogP contribution < -0.4 is 16.2 Å². The lowest BCUT2D eigenvalue weighted by Gasteiger charge is -2.12. The molecule has 0 aliphatic heterocycles. The van der Waals surface area contributed by atoms with Gasteiger partial charge in [0.25, 0.3) is 5.56 Å². The quantitative estimate of drug-likeness (QED) is 0.676. The maximum atomic E-state index is 12.8. The van der Waals surface area contributed by atoms with Crippen LogP contribution in [0.5, 0.6) is 0 Å². The minimum absolute atomic E-state index is 0.0920. The maximum absolute atomic E-state index is 12.8. The van der Waals surface area contributed by atoms with Gasteiger partial charge in [0.05, 0.1) is 5.69 Å². The lowest BCUT2D eigenvalue weighted by molar-refractivity contribution is -0.117. The van der Waals surface area contributed by atoms with Crippen LogP contribution in [0.1, 0.15) is 18.9 Å². The number of para-hydroxylation sites is 1. The summed E-state index contributed by atoms with van der Waals surface area (Å²) in [6, 6.07) is 18.2. The number of carbonyl (C=O) groups is 2. The molecule has 29 heavy (non-hydrogen) atoms. The summed E-state index contributed by atoms with van der Waals surface area (Å²) in [4.78, 5) is 37.1. The molecule has 0 unspecified atom stereocenters. The van der Waals surface area contributed by atoms with Crippen LogP contribution in [0, 0.1) is 6.92 Å². The van der Waals surface area contributed by atoms with Crippen LogP contribution in [-0.2, 0) is 16.1 Å². The molecule has 0 aliphatic carbocycles. The van der Waals surface area contributed by atoms with Crippen molar-refractivity contribution in [1.29, 1.82) is 0 Å². The molecular weight excluding hydrogens is 368 g/mol. The zero-order valence-electron chi connectivity index (χ0n) is 16.3. The first-order chi connectivity index (χ1) is 14.0. The van der Waals surface area contributed by atoms with Crippen molar-refractivity contribution in [2.45, 2.75) is 26.8 Å². The summed E-state index contributed by atoms with van der Waals surface area (Å²) in [7, 11) is 0. The molecule has 7 heteroatoms. The first-order valence-electron chi connectivity index (χ1n) is 9.31. The van der Waals surface area contributed by atoms with Gasteiger partial charge >= 0.3 is 0 Å². The number of benzene rings is 2. The Morgan fingerprint density at radius 1 is 0.931 bits per heavy atom. The summed E-state index contributed by atoms with van der Waals surface area (Å²) in [6.45, 7) is 3.31. The zero-order valence-corrected chi connectivity index (χ0v) is 16.3. The second kappa shape index (κ2) is 8.97. The van der Waals surface area contributed by atoms with Crippen LogP contribution in [0.4, 0.5) is 11.4 Å². The van der Waals surface area contributed by atoms with Gasteiger partial charge in [-0.2, -0.15) is 5.10 Å². The molecule has 0 radical (unpaired) electrons. The van der Waals surface area contributed by atoms with Gasteiger partial charge in [0, 0.05) is 17.7 Å². The summed E-state index contributed by atoms with van der Waals surface area (Å²) in [6.07, 6.45) is 0.232. The van der Waals surface area contributed by atoms with E-state index < -0.39 is 5.56 Å². The van der Waals surface area contributed by atoms with Crippen molar-refractivity contribution in [2.75, 3.05) is 10.6 Å². The van der Waals surface area contributed by atoms with E-state index in [4.69, 9.17) is 0 Å². The molecule has 2 aromatic carbocycles. The molecule has 7 nitrogen and oxygen atoms in total. The van der Waals surface area contributed by atoms with E-state index in [-0.39, 0.29) is 30.5 Å². The number of amides is 2. The zero-order chi connectivity index (χ0) is 20.8. The number of hydrogen-bond donors (Lipinski definition) is 2. The number of rotatable bonds is 6. The molecule has 2 N–H and O–H groups in total. The van der Waals surface area contributed by atoms with E-state index in [1.54, 1.807) is 13.0 Å². The van der Waals surface area contributed by atoms with Gasteiger partial charge in [0.15, 0.2) is 0 Å². The topological polar surface area (TPSA) is 93.1 Å². The van der Waals surface area contributed by atoms with Crippen LogP contribution >= 0.6 is 0 Å². The fourth-order valence-electron chi connectivity index (χ4n) is 2.77. The van der Waals surface area contributed by atoms with Crippen LogP contribution in [0.25, 0.3) is 11.3 Å². The van der Waals surface area contributed by atoms with Crippen LogP contribution in [0.2, 0.25) is 0 Å². The molecule has 0 saturated heterocycles.